The molecule has 0 spiro atoms. The number of benzene rings is 1. The highest BCUT2D eigenvalue weighted by atomic mass is 15.0. The van der Waals surface area contributed by atoms with E-state index in [1.54, 1.807) is 0 Å². The summed E-state index contributed by atoms with van der Waals surface area (Å²) in [6.45, 7) is 10.8. The molecule has 1 heterocycles. The minimum atomic E-state index is 0.0648. The Morgan fingerprint density at radius 2 is 1.67 bits per heavy atom. The summed E-state index contributed by atoms with van der Waals surface area (Å²) in [7, 11) is 0. The van der Waals surface area contributed by atoms with E-state index < -0.39 is 0 Å². The second kappa shape index (κ2) is 4.52. The molecule has 0 amide bonds. The van der Waals surface area contributed by atoms with Crippen molar-refractivity contribution in [3.8, 4) is 11.1 Å². The molecule has 0 aliphatic heterocycles. The largest absolute Gasteiger partial charge is 0.380 e. The van der Waals surface area contributed by atoms with Crippen LogP contribution in [0.5, 0.6) is 0 Å². The van der Waals surface area contributed by atoms with Gasteiger partial charge in [0.05, 0.1) is 0 Å². The summed E-state index contributed by atoms with van der Waals surface area (Å²) in [5.74, 6) is 0. The van der Waals surface area contributed by atoms with Crippen LogP contribution in [-0.4, -0.2) is 10.5 Å². The van der Waals surface area contributed by atoms with Crippen molar-refractivity contribution in [2.75, 3.05) is 5.32 Å². The van der Waals surface area contributed by atoms with Gasteiger partial charge in [-0.2, -0.15) is 0 Å². The third-order valence-electron chi connectivity index (χ3n) is 2.88. The summed E-state index contributed by atoms with van der Waals surface area (Å²) in [5, 5.41) is 3.57. The Hall–Kier alpha value is -1.70. The van der Waals surface area contributed by atoms with Gasteiger partial charge in [-0.05, 0) is 46.8 Å². The molecule has 2 aromatic rings. The summed E-state index contributed by atoms with van der Waals surface area (Å²) in [6, 6.07) is 10.7. The molecule has 2 heteroatoms. The first-order chi connectivity index (χ1) is 8.37. The van der Waals surface area contributed by atoms with E-state index in [1.165, 1.54) is 28.2 Å². The number of aromatic nitrogens is 1. The van der Waals surface area contributed by atoms with Crippen LogP contribution in [0.1, 0.15) is 32.2 Å². The Bertz CT molecular complexity index is 544. The predicted octanol–water partition coefficient (Wildman–Crippen LogP) is 4.51. The highest BCUT2D eigenvalue weighted by Gasteiger charge is 2.14. The standard InChI is InChI=1S/C16H22N2/c1-11-10-14(12(2)17-11)13-8-6-7-9-15(13)18-16(3,4)5/h6-10,17-18H,1-5H3. The van der Waals surface area contributed by atoms with Crippen LogP contribution < -0.4 is 5.32 Å². The van der Waals surface area contributed by atoms with Crippen LogP contribution in [0.4, 0.5) is 5.69 Å². The van der Waals surface area contributed by atoms with Crippen LogP contribution in [0.25, 0.3) is 11.1 Å². The van der Waals surface area contributed by atoms with E-state index in [0.29, 0.717) is 0 Å². The number of rotatable bonds is 2. The maximum atomic E-state index is 3.57. The number of hydrogen-bond donors (Lipinski definition) is 2. The van der Waals surface area contributed by atoms with Crippen molar-refractivity contribution in [1.29, 1.82) is 0 Å². The van der Waals surface area contributed by atoms with Crippen LogP contribution in [0.3, 0.4) is 0 Å². The zero-order valence-corrected chi connectivity index (χ0v) is 11.9. The lowest BCUT2D eigenvalue weighted by atomic mass is 10.0. The molecule has 0 saturated heterocycles. The number of para-hydroxylation sites is 1. The Morgan fingerprint density at radius 3 is 2.22 bits per heavy atom. The molecule has 0 aliphatic rings. The topological polar surface area (TPSA) is 27.8 Å². The Morgan fingerprint density at radius 1 is 1.00 bits per heavy atom. The molecule has 1 aromatic heterocycles. The van der Waals surface area contributed by atoms with Crippen molar-refractivity contribution in [3.05, 3.63) is 41.7 Å². The fourth-order valence-electron chi connectivity index (χ4n) is 2.23. The minimum Gasteiger partial charge on any atom is -0.380 e. The Balaban J connectivity index is 2.48. The van der Waals surface area contributed by atoms with Gasteiger partial charge < -0.3 is 10.3 Å². The van der Waals surface area contributed by atoms with Gasteiger partial charge in [0.15, 0.2) is 0 Å². The average Bonchev–Trinajstić information content (AvgIpc) is 2.56. The van der Waals surface area contributed by atoms with Crippen molar-refractivity contribution in [3.63, 3.8) is 0 Å². The van der Waals surface area contributed by atoms with E-state index >= 15 is 0 Å². The number of anilines is 1. The van der Waals surface area contributed by atoms with Crippen molar-refractivity contribution in [2.24, 2.45) is 0 Å². The van der Waals surface area contributed by atoms with Crippen LogP contribution in [0.15, 0.2) is 30.3 Å². The maximum Gasteiger partial charge on any atom is 0.0424 e. The van der Waals surface area contributed by atoms with E-state index in [2.05, 4.69) is 75.3 Å². The zero-order chi connectivity index (χ0) is 13.3. The number of aromatic amines is 1. The number of H-pyrrole nitrogens is 1. The SMILES string of the molecule is Cc1cc(-c2ccccc2NC(C)(C)C)c(C)[nH]1. The predicted molar refractivity (Wildman–Crippen MR) is 79.1 cm³/mol. The number of aryl methyl sites for hydroxylation is 2. The molecule has 1 aromatic carbocycles. The molecule has 0 saturated carbocycles. The first-order valence-electron chi connectivity index (χ1n) is 6.40. The highest BCUT2D eigenvalue weighted by Crippen LogP contribution is 2.32. The third kappa shape index (κ3) is 2.76. The van der Waals surface area contributed by atoms with E-state index in [4.69, 9.17) is 0 Å². The Labute approximate surface area is 109 Å². The molecule has 18 heavy (non-hydrogen) atoms. The number of hydrogen-bond acceptors (Lipinski definition) is 1. The molecule has 96 valence electrons. The van der Waals surface area contributed by atoms with E-state index in [1.807, 2.05) is 0 Å². The van der Waals surface area contributed by atoms with Gasteiger partial charge in [0.2, 0.25) is 0 Å². The van der Waals surface area contributed by atoms with Gasteiger partial charge in [0.1, 0.15) is 0 Å². The normalized spacial score (nSPS) is 11.6. The molecule has 2 rings (SSSR count). The second-order valence-electron chi connectivity index (χ2n) is 5.91. The highest BCUT2D eigenvalue weighted by molar-refractivity contribution is 5.80. The quantitative estimate of drug-likeness (QED) is 0.796. The molecule has 2 N–H and O–H groups in total. The van der Waals surface area contributed by atoms with E-state index in [9.17, 15) is 0 Å². The van der Waals surface area contributed by atoms with Gasteiger partial charge in [-0.15, -0.1) is 0 Å². The summed E-state index contributed by atoms with van der Waals surface area (Å²) in [5.41, 5.74) is 6.21. The third-order valence-corrected chi connectivity index (χ3v) is 2.88. The van der Waals surface area contributed by atoms with Gasteiger partial charge in [0.25, 0.3) is 0 Å². The lowest BCUT2D eigenvalue weighted by Gasteiger charge is -2.24. The summed E-state index contributed by atoms with van der Waals surface area (Å²) < 4.78 is 0. The fourth-order valence-corrected chi connectivity index (χ4v) is 2.23. The molecule has 0 atom stereocenters. The van der Waals surface area contributed by atoms with Crippen LogP contribution in [0, 0.1) is 13.8 Å². The summed E-state index contributed by atoms with van der Waals surface area (Å²) >= 11 is 0. The molecule has 0 aliphatic carbocycles. The summed E-state index contributed by atoms with van der Waals surface area (Å²) in [6.07, 6.45) is 0. The first-order valence-corrected chi connectivity index (χ1v) is 6.40. The lowest BCUT2D eigenvalue weighted by Crippen LogP contribution is -2.26. The maximum absolute atomic E-state index is 3.57. The minimum absolute atomic E-state index is 0.0648. The van der Waals surface area contributed by atoms with Crippen molar-refractivity contribution in [2.45, 2.75) is 40.2 Å². The molecule has 0 radical (unpaired) electrons. The van der Waals surface area contributed by atoms with Crippen molar-refractivity contribution in [1.82, 2.24) is 4.98 Å². The van der Waals surface area contributed by atoms with Gasteiger partial charge in [0, 0.05) is 33.7 Å². The molecule has 0 fully saturated rings. The van der Waals surface area contributed by atoms with Gasteiger partial charge >= 0.3 is 0 Å². The average molecular weight is 242 g/mol. The molecule has 0 unspecified atom stereocenters. The van der Waals surface area contributed by atoms with Crippen molar-refractivity contribution >= 4 is 5.69 Å². The zero-order valence-electron chi connectivity index (χ0n) is 11.9. The fraction of sp³-hybridized carbons (Fsp3) is 0.375. The van der Waals surface area contributed by atoms with Crippen LogP contribution in [0.2, 0.25) is 0 Å². The second-order valence-corrected chi connectivity index (χ2v) is 5.91. The molecule has 0 bridgehead atoms. The van der Waals surface area contributed by atoms with Crippen molar-refractivity contribution < 1.29 is 0 Å². The Kier molecular flexibility index (Phi) is 3.20. The van der Waals surface area contributed by atoms with Crippen LogP contribution >= 0.6 is 0 Å². The lowest BCUT2D eigenvalue weighted by molar-refractivity contribution is 0.634. The summed E-state index contributed by atoms with van der Waals surface area (Å²) in [4.78, 5) is 3.37. The molecular formula is C16H22N2. The van der Waals surface area contributed by atoms with Gasteiger partial charge in [-0.1, -0.05) is 18.2 Å². The first kappa shape index (κ1) is 12.7. The van der Waals surface area contributed by atoms with E-state index in [-0.39, 0.29) is 5.54 Å². The monoisotopic (exact) mass is 242 g/mol. The molecular weight excluding hydrogens is 220 g/mol. The number of nitrogens with one attached hydrogen (secondary N) is 2. The van der Waals surface area contributed by atoms with Gasteiger partial charge in [-0.3, -0.25) is 0 Å². The smallest absolute Gasteiger partial charge is 0.0424 e. The van der Waals surface area contributed by atoms with Gasteiger partial charge in [-0.25, -0.2) is 0 Å². The molecule has 2 nitrogen and oxygen atoms in total. The van der Waals surface area contributed by atoms with Crippen LogP contribution in [-0.2, 0) is 0 Å². The van der Waals surface area contributed by atoms with E-state index in [0.717, 1.165) is 0 Å².